The first-order valence-corrected chi connectivity index (χ1v) is 13.6. The monoisotopic (exact) mass is 710 g/mol. The number of carbonyl (C=O) groups excluding carboxylic acids is 1. The van der Waals surface area contributed by atoms with Gasteiger partial charge in [-0.2, -0.15) is 0 Å². The Morgan fingerprint density at radius 2 is 1.69 bits per heavy atom. The molecule has 1 fully saturated rings. The molecule has 0 aliphatic carbocycles. The Morgan fingerprint density at radius 3 is 2.29 bits per heavy atom. The number of benzene rings is 3. The highest BCUT2D eigenvalue weighted by atomic mass is 127. The van der Waals surface area contributed by atoms with Gasteiger partial charge in [-0.05, 0) is 123 Å². The van der Waals surface area contributed by atoms with Crippen LogP contribution < -0.4 is 10.1 Å². The van der Waals surface area contributed by atoms with Crippen molar-refractivity contribution in [3.05, 3.63) is 95.0 Å². The Bertz CT molecular complexity index is 1310. The largest absolute Gasteiger partial charge is 0.487 e. The summed E-state index contributed by atoms with van der Waals surface area (Å²) in [5.74, 6) is -0.379. The molecule has 1 saturated heterocycles. The van der Waals surface area contributed by atoms with Crippen LogP contribution in [0.5, 0.6) is 5.75 Å². The van der Waals surface area contributed by atoms with Crippen molar-refractivity contribution in [2.24, 2.45) is 4.99 Å². The molecular weight excluding hydrogens is 690 g/mol. The fraction of sp³-hybridized carbons (Fsp3) is 0.115. The molecule has 1 aliphatic rings. The molecule has 35 heavy (non-hydrogen) atoms. The van der Waals surface area contributed by atoms with Crippen molar-refractivity contribution in [3.63, 3.8) is 0 Å². The molecule has 0 saturated carbocycles. The smallest absolute Gasteiger partial charge is 0.335 e. The second-order valence-electron chi connectivity index (χ2n) is 7.61. The van der Waals surface area contributed by atoms with Crippen molar-refractivity contribution in [2.75, 3.05) is 0 Å². The van der Waals surface area contributed by atoms with E-state index >= 15 is 0 Å². The molecule has 6 nitrogen and oxygen atoms in total. The van der Waals surface area contributed by atoms with Crippen LogP contribution >= 0.6 is 56.9 Å². The molecule has 1 heterocycles. The fourth-order valence-electron chi connectivity index (χ4n) is 3.26. The van der Waals surface area contributed by atoms with Crippen molar-refractivity contribution in [1.29, 1.82) is 0 Å². The molecule has 2 N–H and O–H groups in total. The van der Waals surface area contributed by atoms with E-state index < -0.39 is 5.97 Å². The second kappa shape index (κ2) is 11.6. The number of carboxylic acid groups (broad SMARTS) is 1. The Kier molecular flexibility index (Phi) is 8.50. The number of carbonyl (C=O) groups is 2. The van der Waals surface area contributed by atoms with E-state index in [-0.39, 0.29) is 11.5 Å². The molecule has 0 aromatic heterocycles. The lowest BCUT2D eigenvalue weighted by molar-refractivity contribution is -0.115. The maximum absolute atomic E-state index is 12.5. The van der Waals surface area contributed by atoms with Gasteiger partial charge in [0.1, 0.15) is 12.4 Å². The standard InChI is InChI=1S/C26H20I2N2O4S/c1-2-15-5-9-19(10-6-15)29-26-30-24(31)22(35-26)13-17-11-20(27)23(21(28)12-17)34-14-16-3-7-18(8-4-16)25(32)33/h3-13H,2,14H2,1H3,(H,32,33)(H,29,30,31)/b22-13-. The second-order valence-corrected chi connectivity index (χ2v) is 11.0. The van der Waals surface area contributed by atoms with E-state index in [0.29, 0.717) is 16.7 Å². The summed E-state index contributed by atoms with van der Waals surface area (Å²) >= 11 is 5.75. The van der Waals surface area contributed by atoms with E-state index in [0.717, 1.165) is 36.1 Å². The number of rotatable bonds is 7. The van der Waals surface area contributed by atoms with Crippen molar-refractivity contribution in [1.82, 2.24) is 5.32 Å². The molecule has 4 rings (SSSR count). The van der Waals surface area contributed by atoms with Gasteiger partial charge in [0.2, 0.25) is 0 Å². The third-order valence-corrected chi connectivity index (χ3v) is 7.64. The lowest BCUT2D eigenvalue weighted by Gasteiger charge is -2.12. The quantitative estimate of drug-likeness (QED) is 0.213. The zero-order valence-corrected chi connectivity index (χ0v) is 23.7. The molecular formula is C26H20I2N2O4S. The topological polar surface area (TPSA) is 88.0 Å². The maximum Gasteiger partial charge on any atom is 0.335 e. The summed E-state index contributed by atoms with van der Waals surface area (Å²) in [5, 5.41) is 12.4. The van der Waals surface area contributed by atoms with E-state index in [9.17, 15) is 9.59 Å². The van der Waals surface area contributed by atoms with Gasteiger partial charge in [-0.25, -0.2) is 9.79 Å². The molecule has 0 atom stereocenters. The summed E-state index contributed by atoms with van der Waals surface area (Å²) in [5.41, 5.74) is 4.05. The van der Waals surface area contributed by atoms with Crippen LogP contribution in [0.4, 0.5) is 5.69 Å². The van der Waals surface area contributed by atoms with E-state index in [1.165, 1.54) is 17.3 Å². The summed E-state index contributed by atoms with van der Waals surface area (Å²) in [6, 6.07) is 18.5. The molecule has 1 amide bonds. The van der Waals surface area contributed by atoms with Gasteiger partial charge >= 0.3 is 5.97 Å². The molecule has 0 bridgehead atoms. The Morgan fingerprint density at radius 1 is 1.06 bits per heavy atom. The first-order chi connectivity index (χ1) is 16.8. The van der Waals surface area contributed by atoms with E-state index in [4.69, 9.17) is 9.84 Å². The van der Waals surface area contributed by atoms with Crippen LogP contribution in [0.25, 0.3) is 6.08 Å². The van der Waals surface area contributed by atoms with Gasteiger partial charge in [0.15, 0.2) is 5.17 Å². The number of nitrogens with zero attached hydrogens (tertiary/aromatic N) is 1. The lowest BCUT2D eigenvalue weighted by Crippen LogP contribution is -2.19. The maximum atomic E-state index is 12.5. The molecule has 178 valence electrons. The first-order valence-electron chi connectivity index (χ1n) is 10.6. The zero-order chi connectivity index (χ0) is 24.9. The number of hydrogen-bond acceptors (Lipinski definition) is 5. The third-order valence-electron chi connectivity index (χ3n) is 5.13. The predicted molar refractivity (Wildman–Crippen MR) is 156 cm³/mol. The summed E-state index contributed by atoms with van der Waals surface area (Å²) in [4.78, 5) is 28.6. The number of hydrogen-bond donors (Lipinski definition) is 2. The number of aromatic carboxylic acids is 1. The average Bonchev–Trinajstić information content (AvgIpc) is 3.17. The fourth-order valence-corrected chi connectivity index (χ4v) is 6.22. The lowest BCUT2D eigenvalue weighted by atomic mass is 10.1. The van der Waals surface area contributed by atoms with Crippen LogP contribution in [0, 0.1) is 7.14 Å². The van der Waals surface area contributed by atoms with E-state index in [2.05, 4.69) is 62.4 Å². The van der Waals surface area contributed by atoms with Crippen molar-refractivity contribution in [3.8, 4) is 5.75 Å². The van der Waals surface area contributed by atoms with E-state index in [1.807, 2.05) is 42.5 Å². The van der Waals surface area contributed by atoms with E-state index in [1.54, 1.807) is 24.3 Å². The highest BCUT2D eigenvalue weighted by molar-refractivity contribution is 14.1. The minimum Gasteiger partial charge on any atom is -0.487 e. The number of carboxylic acids is 1. The summed E-state index contributed by atoms with van der Waals surface area (Å²) < 4.78 is 7.84. The zero-order valence-electron chi connectivity index (χ0n) is 18.5. The number of aryl methyl sites for hydroxylation is 1. The molecule has 0 unspecified atom stereocenters. The first kappa shape index (κ1) is 25.7. The molecule has 3 aromatic carbocycles. The average molecular weight is 710 g/mol. The third kappa shape index (κ3) is 6.64. The minimum atomic E-state index is -0.954. The van der Waals surface area contributed by atoms with Crippen molar-refractivity contribution >= 4 is 85.8 Å². The van der Waals surface area contributed by atoms with Gasteiger partial charge in [-0.3, -0.25) is 4.79 Å². The summed E-state index contributed by atoms with van der Waals surface area (Å²) in [7, 11) is 0. The number of ether oxygens (including phenoxy) is 1. The number of amidine groups is 1. The van der Waals surface area contributed by atoms with Gasteiger partial charge in [0, 0.05) is 0 Å². The number of nitrogens with one attached hydrogen (secondary N) is 1. The van der Waals surface area contributed by atoms with Gasteiger partial charge in [0.05, 0.1) is 23.3 Å². The van der Waals surface area contributed by atoms with Crippen molar-refractivity contribution in [2.45, 2.75) is 20.0 Å². The van der Waals surface area contributed by atoms with Crippen LogP contribution in [-0.2, 0) is 17.8 Å². The molecule has 3 aromatic rings. The van der Waals surface area contributed by atoms with Crippen LogP contribution in [-0.4, -0.2) is 22.2 Å². The molecule has 0 spiro atoms. The Balaban J connectivity index is 1.46. The number of halogens is 2. The van der Waals surface area contributed by atoms with Gasteiger partial charge < -0.3 is 15.2 Å². The van der Waals surface area contributed by atoms with Crippen molar-refractivity contribution < 1.29 is 19.4 Å². The van der Waals surface area contributed by atoms with Crippen LogP contribution in [0.15, 0.2) is 70.6 Å². The summed E-state index contributed by atoms with van der Waals surface area (Å²) in [6.07, 6.45) is 2.82. The highest BCUT2D eigenvalue weighted by Gasteiger charge is 2.24. The minimum absolute atomic E-state index is 0.172. The Labute approximate surface area is 234 Å². The number of amides is 1. The normalized spacial score (nSPS) is 15.5. The summed E-state index contributed by atoms with van der Waals surface area (Å²) in [6.45, 7) is 2.43. The number of aliphatic imine (C=N–C) groups is 1. The molecule has 1 aliphatic heterocycles. The number of thioether (sulfide) groups is 1. The van der Waals surface area contributed by atoms with Gasteiger partial charge in [-0.15, -0.1) is 0 Å². The Hall–Kier alpha value is -2.38. The van der Waals surface area contributed by atoms with Crippen LogP contribution in [0.1, 0.15) is 34.0 Å². The SMILES string of the molecule is CCc1ccc(N=C2NC(=O)/C(=C/c3cc(I)c(OCc4ccc(C(=O)O)cc4)c(I)c3)S2)cc1. The van der Waals surface area contributed by atoms with Crippen LogP contribution in [0.3, 0.4) is 0 Å². The molecule has 0 radical (unpaired) electrons. The van der Waals surface area contributed by atoms with Gasteiger partial charge in [0.25, 0.3) is 5.91 Å². The van der Waals surface area contributed by atoms with Gasteiger partial charge in [-0.1, -0.05) is 31.2 Å². The highest BCUT2D eigenvalue weighted by Crippen LogP contribution is 2.33. The molecule has 9 heteroatoms. The van der Waals surface area contributed by atoms with Crippen LogP contribution in [0.2, 0.25) is 0 Å². The predicted octanol–water partition coefficient (Wildman–Crippen LogP) is 6.63.